The Labute approximate surface area is 116 Å². The third kappa shape index (κ3) is 2.40. The van der Waals surface area contributed by atoms with Crippen LogP contribution in [-0.4, -0.2) is 49.7 Å². The van der Waals surface area contributed by atoms with Crippen molar-refractivity contribution in [1.29, 1.82) is 0 Å². The van der Waals surface area contributed by atoms with Gasteiger partial charge in [0.05, 0.1) is 17.9 Å². The Hall–Kier alpha value is -1.89. The molecule has 7 heteroatoms. The van der Waals surface area contributed by atoms with E-state index in [-0.39, 0.29) is 36.4 Å². The van der Waals surface area contributed by atoms with E-state index in [1.807, 2.05) is 0 Å². The number of benzene rings is 1. The van der Waals surface area contributed by atoms with Crippen LogP contribution in [-0.2, 0) is 21.1 Å². The molecule has 2 heterocycles. The molecule has 0 bridgehead atoms. The maximum atomic E-state index is 12.3. The number of anilines is 1. The topological polar surface area (TPSA) is 83.6 Å². The van der Waals surface area contributed by atoms with Crippen LogP contribution in [0.4, 0.5) is 5.69 Å². The third-order valence-electron chi connectivity index (χ3n) is 3.61. The summed E-state index contributed by atoms with van der Waals surface area (Å²) in [5, 5.41) is 2.70. The van der Waals surface area contributed by atoms with Gasteiger partial charge in [0.15, 0.2) is 9.84 Å². The van der Waals surface area contributed by atoms with Crippen LogP contribution in [0.5, 0.6) is 0 Å². The summed E-state index contributed by atoms with van der Waals surface area (Å²) in [6, 6.07) is 5.11. The molecule has 2 aliphatic rings. The Bertz CT molecular complexity index is 682. The highest BCUT2D eigenvalue weighted by Gasteiger charge is 2.27. The van der Waals surface area contributed by atoms with Crippen LogP contribution >= 0.6 is 0 Å². The second-order valence-electron chi connectivity index (χ2n) is 5.04. The van der Waals surface area contributed by atoms with E-state index in [0.717, 1.165) is 5.56 Å². The molecule has 106 valence electrons. The normalized spacial score (nSPS) is 20.4. The Morgan fingerprint density at radius 3 is 2.60 bits per heavy atom. The van der Waals surface area contributed by atoms with Gasteiger partial charge < -0.3 is 10.2 Å². The highest BCUT2D eigenvalue weighted by atomic mass is 32.2. The SMILES string of the molecule is O=C1Cc2ccc(C(=O)N3CCS(=O)(=O)CC3)cc2N1. The largest absolute Gasteiger partial charge is 0.337 e. The Kier molecular flexibility index (Phi) is 3.01. The van der Waals surface area contributed by atoms with Crippen molar-refractivity contribution >= 4 is 27.3 Å². The van der Waals surface area contributed by atoms with Gasteiger partial charge in [0.2, 0.25) is 5.91 Å². The molecule has 1 saturated heterocycles. The third-order valence-corrected chi connectivity index (χ3v) is 5.22. The van der Waals surface area contributed by atoms with Gasteiger partial charge in [0.25, 0.3) is 5.91 Å². The zero-order chi connectivity index (χ0) is 14.3. The van der Waals surface area contributed by atoms with E-state index in [2.05, 4.69) is 5.32 Å². The molecule has 1 fully saturated rings. The van der Waals surface area contributed by atoms with Crippen LogP contribution in [0, 0.1) is 0 Å². The van der Waals surface area contributed by atoms with Crippen LogP contribution in [0.3, 0.4) is 0 Å². The summed E-state index contributed by atoms with van der Waals surface area (Å²) in [6.07, 6.45) is 0.339. The summed E-state index contributed by atoms with van der Waals surface area (Å²) in [5.41, 5.74) is 2.03. The molecular formula is C13H14N2O4S. The fraction of sp³-hybridized carbons (Fsp3) is 0.385. The van der Waals surface area contributed by atoms with Crippen LogP contribution < -0.4 is 5.32 Å². The second kappa shape index (κ2) is 4.59. The van der Waals surface area contributed by atoms with Crippen LogP contribution in [0.2, 0.25) is 0 Å². The maximum Gasteiger partial charge on any atom is 0.253 e. The number of amides is 2. The van der Waals surface area contributed by atoms with Gasteiger partial charge in [-0.15, -0.1) is 0 Å². The van der Waals surface area contributed by atoms with Gasteiger partial charge in [-0.25, -0.2) is 8.42 Å². The maximum absolute atomic E-state index is 12.3. The Morgan fingerprint density at radius 2 is 1.90 bits per heavy atom. The smallest absolute Gasteiger partial charge is 0.253 e. The minimum absolute atomic E-state index is 0.0143. The van der Waals surface area contributed by atoms with E-state index in [1.54, 1.807) is 23.1 Å². The minimum Gasteiger partial charge on any atom is -0.337 e. The number of rotatable bonds is 1. The lowest BCUT2D eigenvalue weighted by Gasteiger charge is -2.26. The molecule has 0 saturated carbocycles. The molecule has 0 radical (unpaired) electrons. The van der Waals surface area contributed by atoms with Crippen molar-refractivity contribution in [3.8, 4) is 0 Å². The van der Waals surface area contributed by atoms with E-state index in [1.165, 1.54) is 0 Å². The van der Waals surface area contributed by atoms with Crippen LogP contribution in [0.1, 0.15) is 15.9 Å². The highest BCUT2D eigenvalue weighted by molar-refractivity contribution is 7.91. The van der Waals surface area contributed by atoms with E-state index < -0.39 is 9.84 Å². The van der Waals surface area contributed by atoms with Crippen molar-refractivity contribution in [2.45, 2.75) is 6.42 Å². The molecule has 20 heavy (non-hydrogen) atoms. The Balaban J connectivity index is 1.79. The molecule has 2 aliphatic heterocycles. The van der Waals surface area contributed by atoms with Crippen molar-refractivity contribution in [3.05, 3.63) is 29.3 Å². The molecule has 0 spiro atoms. The molecule has 0 atom stereocenters. The fourth-order valence-electron chi connectivity index (χ4n) is 2.45. The number of hydrogen-bond acceptors (Lipinski definition) is 4. The quantitative estimate of drug-likeness (QED) is 0.793. The molecule has 0 unspecified atom stereocenters. The first-order chi connectivity index (χ1) is 9.44. The van der Waals surface area contributed by atoms with Crippen molar-refractivity contribution in [2.24, 2.45) is 0 Å². The molecule has 1 aromatic carbocycles. The van der Waals surface area contributed by atoms with Crippen molar-refractivity contribution < 1.29 is 18.0 Å². The number of carbonyl (C=O) groups is 2. The van der Waals surface area contributed by atoms with Crippen LogP contribution in [0.15, 0.2) is 18.2 Å². The molecular weight excluding hydrogens is 280 g/mol. The summed E-state index contributed by atoms with van der Waals surface area (Å²) >= 11 is 0. The van der Waals surface area contributed by atoms with Crippen LogP contribution in [0.25, 0.3) is 0 Å². The number of fused-ring (bicyclic) bond motifs is 1. The number of hydrogen-bond donors (Lipinski definition) is 1. The predicted molar refractivity (Wildman–Crippen MR) is 73.3 cm³/mol. The lowest BCUT2D eigenvalue weighted by Crippen LogP contribution is -2.43. The zero-order valence-electron chi connectivity index (χ0n) is 10.8. The minimum atomic E-state index is -3.00. The predicted octanol–water partition coefficient (Wildman–Crippen LogP) is 0.0518. The number of carbonyl (C=O) groups excluding carboxylic acids is 2. The first-order valence-corrected chi connectivity index (χ1v) is 8.19. The van der Waals surface area contributed by atoms with Gasteiger partial charge in [0.1, 0.15) is 0 Å². The number of nitrogens with zero attached hydrogens (tertiary/aromatic N) is 1. The number of sulfone groups is 1. The highest BCUT2D eigenvalue weighted by Crippen LogP contribution is 2.24. The second-order valence-corrected chi connectivity index (χ2v) is 7.34. The summed E-state index contributed by atoms with van der Waals surface area (Å²) in [4.78, 5) is 25.1. The van der Waals surface area contributed by atoms with E-state index >= 15 is 0 Å². The monoisotopic (exact) mass is 294 g/mol. The molecule has 6 nitrogen and oxygen atoms in total. The zero-order valence-corrected chi connectivity index (χ0v) is 11.6. The molecule has 1 N–H and O–H groups in total. The summed E-state index contributed by atoms with van der Waals surface area (Å²) in [7, 11) is -3.00. The van der Waals surface area contributed by atoms with E-state index in [9.17, 15) is 18.0 Å². The Morgan fingerprint density at radius 1 is 1.20 bits per heavy atom. The lowest BCUT2D eigenvalue weighted by atomic mass is 10.1. The summed E-state index contributed by atoms with van der Waals surface area (Å²) < 4.78 is 22.7. The molecule has 0 aromatic heterocycles. The first-order valence-electron chi connectivity index (χ1n) is 6.37. The van der Waals surface area contributed by atoms with Gasteiger partial charge in [-0.3, -0.25) is 9.59 Å². The lowest BCUT2D eigenvalue weighted by molar-refractivity contribution is -0.115. The van der Waals surface area contributed by atoms with E-state index in [4.69, 9.17) is 0 Å². The molecule has 1 aromatic rings. The molecule has 3 rings (SSSR count). The average molecular weight is 294 g/mol. The van der Waals surface area contributed by atoms with Gasteiger partial charge in [-0.05, 0) is 17.7 Å². The summed E-state index contributed by atoms with van der Waals surface area (Å²) in [5.74, 6) is -0.238. The number of nitrogens with one attached hydrogen (secondary N) is 1. The molecule has 0 aliphatic carbocycles. The fourth-order valence-corrected chi connectivity index (χ4v) is 3.65. The standard InChI is InChI=1S/C13H14N2O4S/c16-12-8-9-1-2-10(7-11(9)14-12)13(17)15-3-5-20(18,19)6-4-15/h1-2,7H,3-6,8H2,(H,14,16). The average Bonchev–Trinajstić information content (AvgIpc) is 2.77. The van der Waals surface area contributed by atoms with Gasteiger partial charge in [-0.1, -0.05) is 6.07 Å². The summed E-state index contributed by atoms with van der Waals surface area (Å²) in [6.45, 7) is 0.454. The van der Waals surface area contributed by atoms with Gasteiger partial charge in [0, 0.05) is 24.3 Å². The molecule has 2 amide bonds. The van der Waals surface area contributed by atoms with Crippen molar-refractivity contribution in [1.82, 2.24) is 4.90 Å². The van der Waals surface area contributed by atoms with Crippen molar-refractivity contribution in [3.63, 3.8) is 0 Å². The van der Waals surface area contributed by atoms with E-state index in [0.29, 0.717) is 17.7 Å². The van der Waals surface area contributed by atoms with Gasteiger partial charge in [-0.2, -0.15) is 0 Å². The first kappa shape index (κ1) is 13.1. The van der Waals surface area contributed by atoms with Gasteiger partial charge >= 0.3 is 0 Å². The van der Waals surface area contributed by atoms with Crippen molar-refractivity contribution in [2.75, 3.05) is 29.9 Å².